The van der Waals surface area contributed by atoms with Crippen molar-refractivity contribution in [1.82, 2.24) is 0 Å². The highest BCUT2D eigenvalue weighted by Crippen LogP contribution is 2.73. The Hall–Kier alpha value is -0.0400. The molecule has 0 radical (unpaired) electrons. The molecule has 4 aliphatic rings. The van der Waals surface area contributed by atoms with Gasteiger partial charge in [-0.3, -0.25) is 0 Å². The Labute approximate surface area is 188 Å². The van der Waals surface area contributed by atoms with Crippen LogP contribution in [0.25, 0.3) is 0 Å². The number of ether oxygens (including phenoxy) is 1. The molecular formula is C29H52O. The molecule has 0 amide bonds. The van der Waals surface area contributed by atoms with E-state index >= 15 is 0 Å². The van der Waals surface area contributed by atoms with Gasteiger partial charge in [-0.05, 0) is 110 Å². The van der Waals surface area contributed by atoms with Crippen molar-refractivity contribution in [3.05, 3.63) is 0 Å². The average Bonchev–Trinajstić information content (AvgIpc) is 2.86. The van der Waals surface area contributed by atoms with Gasteiger partial charge in [0.15, 0.2) is 0 Å². The van der Waals surface area contributed by atoms with E-state index in [0.717, 1.165) is 42.1 Å². The molecule has 0 aromatic rings. The highest BCUT2D eigenvalue weighted by atomic mass is 16.5. The lowest BCUT2D eigenvalue weighted by atomic mass is 9.41. The minimum Gasteiger partial charge on any atom is -0.378 e. The van der Waals surface area contributed by atoms with Gasteiger partial charge in [-0.15, -0.1) is 0 Å². The maximum absolute atomic E-state index is 6.25. The molecule has 0 aromatic carbocycles. The molecular weight excluding hydrogens is 364 g/mol. The van der Waals surface area contributed by atoms with E-state index in [4.69, 9.17) is 4.74 Å². The minimum absolute atomic E-state index is 0.469. The van der Waals surface area contributed by atoms with Gasteiger partial charge >= 0.3 is 0 Å². The summed E-state index contributed by atoms with van der Waals surface area (Å²) in [6.45, 7) is 18.9. The fourth-order valence-electron chi connectivity index (χ4n) is 9.88. The fraction of sp³-hybridized carbons (Fsp3) is 1.00. The molecule has 9 unspecified atom stereocenters. The van der Waals surface area contributed by atoms with E-state index < -0.39 is 0 Å². The summed E-state index contributed by atoms with van der Waals surface area (Å²) in [7, 11) is 0. The molecule has 1 heteroatoms. The summed E-state index contributed by atoms with van der Waals surface area (Å²) in [4.78, 5) is 0. The predicted octanol–water partition coefficient (Wildman–Crippen LogP) is 8.51. The first-order valence-electron chi connectivity index (χ1n) is 13.7. The lowest BCUT2D eigenvalue weighted by molar-refractivity contribution is -0.160. The Bertz CT molecular complexity index is 597. The Morgan fingerprint density at radius 3 is 2.23 bits per heavy atom. The van der Waals surface area contributed by atoms with Crippen LogP contribution in [0.1, 0.15) is 119 Å². The van der Waals surface area contributed by atoms with E-state index in [2.05, 4.69) is 48.5 Å². The van der Waals surface area contributed by atoms with Crippen LogP contribution in [-0.4, -0.2) is 12.7 Å². The lowest BCUT2D eigenvalue weighted by Crippen LogP contribution is -2.57. The van der Waals surface area contributed by atoms with Crippen molar-refractivity contribution in [2.45, 2.75) is 125 Å². The molecule has 0 bridgehead atoms. The van der Waals surface area contributed by atoms with E-state index in [1.54, 1.807) is 0 Å². The maximum atomic E-state index is 6.25. The van der Waals surface area contributed by atoms with Crippen LogP contribution in [0.4, 0.5) is 0 Å². The maximum Gasteiger partial charge on any atom is 0.0580 e. The van der Waals surface area contributed by atoms with Gasteiger partial charge in [0.1, 0.15) is 0 Å². The third kappa shape index (κ3) is 3.52. The van der Waals surface area contributed by atoms with Crippen molar-refractivity contribution in [3.63, 3.8) is 0 Å². The fourth-order valence-corrected chi connectivity index (χ4v) is 9.88. The van der Waals surface area contributed by atoms with E-state index in [1.165, 1.54) is 70.6 Å². The smallest absolute Gasteiger partial charge is 0.0580 e. The first-order chi connectivity index (χ1) is 14.1. The minimum atomic E-state index is 0.469. The zero-order valence-electron chi connectivity index (χ0n) is 21.4. The van der Waals surface area contributed by atoms with Crippen LogP contribution in [0.3, 0.4) is 0 Å². The van der Waals surface area contributed by atoms with Crippen LogP contribution >= 0.6 is 0 Å². The van der Waals surface area contributed by atoms with E-state index in [9.17, 15) is 0 Å². The largest absolute Gasteiger partial charge is 0.378 e. The van der Waals surface area contributed by atoms with E-state index in [-0.39, 0.29) is 0 Å². The molecule has 4 fully saturated rings. The van der Waals surface area contributed by atoms with Crippen molar-refractivity contribution < 1.29 is 4.74 Å². The predicted molar refractivity (Wildman–Crippen MR) is 128 cm³/mol. The second-order valence-corrected chi connectivity index (χ2v) is 13.4. The van der Waals surface area contributed by atoms with E-state index in [0.29, 0.717) is 22.3 Å². The summed E-state index contributed by atoms with van der Waals surface area (Å²) >= 11 is 0. The number of fused-ring (bicyclic) bond motifs is 5. The van der Waals surface area contributed by atoms with Gasteiger partial charge in [0, 0.05) is 6.61 Å². The quantitative estimate of drug-likeness (QED) is 0.436. The third-order valence-corrected chi connectivity index (χ3v) is 11.8. The second kappa shape index (κ2) is 8.39. The number of rotatable bonds is 5. The SMILES string of the molecule is CC(C)CCCC(C)C1CCC2(C)C3CCC4C(C)OCCCC4(C)C3CCC12C. The molecule has 9 atom stereocenters. The molecule has 3 aliphatic carbocycles. The monoisotopic (exact) mass is 416 g/mol. The van der Waals surface area contributed by atoms with Crippen LogP contribution in [0.15, 0.2) is 0 Å². The molecule has 4 rings (SSSR count). The summed E-state index contributed by atoms with van der Waals surface area (Å²) in [5, 5.41) is 0. The first-order valence-corrected chi connectivity index (χ1v) is 13.7. The average molecular weight is 417 g/mol. The summed E-state index contributed by atoms with van der Waals surface area (Å²) < 4.78 is 6.25. The number of hydrogen-bond donors (Lipinski definition) is 0. The molecule has 0 spiro atoms. The molecule has 174 valence electrons. The first kappa shape index (κ1) is 23.1. The Balaban J connectivity index is 1.54. The van der Waals surface area contributed by atoms with E-state index in [1.807, 2.05) is 0 Å². The Kier molecular flexibility index (Phi) is 6.47. The molecule has 1 saturated heterocycles. The summed E-state index contributed by atoms with van der Waals surface area (Å²) in [5.41, 5.74) is 1.66. The van der Waals surface area contributed by atoms with Crippen LogP contribution < -0.4 is 0 Å². The lowest BCUT2D eigenvalue weighted by Gasteiger charge is -2.64. The van der Waals surface area contributed by atoms with Crippen molar-refractivity contribution in [2.75, 3.05) is 6.61 Å². The molecule has 0 N–H and O–H groups in total. The van der Waals surface area contributed by atoms with Crippen molar-refractivity contribution >= 4 is 0 Å². The van der Waals surface area contributed by atoms with Crippen LogP contribution in [-0.2, 0) is 4.74 Å². The molecule has 30 heavy (non-hydrogen) atoms. The summed E-state index contributed by atoms with van der Waals surface area (Å²) in [5.74, 6) is 5.41. The molecule has 1 heterocycles. The van der Waals surface area contributed by atoms with Gasteiger partial charge in [0.2, 0.25) is 0 Å². The Morgan fingerprint density at radius 1 is 0.800 bits per heavy atom. The molecule has 1 nitrogen and oxygen atoms in total. The van der Waals surface area contributed by atoms with Crippen LogP contribution in [0.5, 0.6) is 0 Å². The highest BCUT2D eigenvalue weighted by Gasteiger charge is 2.65. The van der Waals surface area contributed by atoms with Crippen molar-refractivity contribution in [3.8, 4) is 0 Å². The van der Waals surface area contributed by atoms with Gasteiger partial charge < -0.3 is 4.74 Å². The zero-order valence-corrected chi connectivity index (χ0v) is 21.4. The standard InChI is InChI=1S/C29H52O/c1-20(2)10-8-11-21(3)23-14-17-29(7)26-13-12-24-22(4)30-19-9-16-27(24,5)25(26)15-18-28(23,29)6/h20-26H,8-19H2,1-7H3. The Morgan fingerprint density at radius 2 is 1.50 bits per heavy atom. The van der Waals surface area contributed by atoms with Crippen LogP contribution in [0.2, 0.25) is 0 Å². The zero-order chi connectivity index (χ0) is 21.7. The molecule has 1 aliphatic heterocycles. The molecule has 0 aromatic heterocycles. The molecule has 3 saturated carbocycles. The summed E-state index contributed by atoms with van der Waals surface area (Å²) in [6, 6.07) is 0. The topological polar surface area (TPSA) is 9.23 Å². The van der Waals surface area contributed by atoms with Crippen LogP contribution in [0, 0.1) is 51.8 Å². The van der Waals surface area contributed by atoms with Gasteiger partial charge in [0.25, 0.3) is 0 Å². The van der Waals surface area contributed by atoms with Crippen molar-refractivity contribution in [2.24, 2.45) is 51.8 Å². The number of hydrogen-bond acceptors (Lipinski definition) is 1. The van der Waals surface area contributed by atoms with Gasteiger partial charge in [-0.25, -0.2) is 0 Å². The normalized spacial score (nSPS) is 49.8. The third-order valence-electron chi connectivity index (χ3n) is 11.8. The van der Waals surface area contributed by atoms with Gasteiger partial charge in [-0.1, -0.05) is 60.8 Å². The highest BCUT2D eigenvalue weighted by molar-refractivity contribution is 5.14. The summed E-state index contributed by atoms with van der Waals surface area (Å²) in [6.07, 6.45) is 16.3. The van der Waals surface area contributed by atoms with Gasteiger partial charge in [-0.2, -0.15) is 0 Å². The van der Waals surface area contributed by atoms with Gasteiger partial charge in [0.05, 0.1) is 6.10 Å². The second-order valence-electron chi connectivity index (χ2n) is 13.4. The van der Waals surface area contributed by atoms with Crippen molar-refractivity contribution in [1.29, 1.82) is 0 Å².